The first kappa shape index (κ1) is 9.00. The Balaban J connectivity index is 2.27. The summed E-state index contributed by atoms with van der Waals surface area (Å²) in [6.07, 6.45) is 3.20. The van der Waals surface area contributed by atoms with Gasteiger partial charge in [-0.3, -0.25) is 4.79 Å². The minimum atomic E-state index is -0.262. The fourth-order valence-electron chi connectivity index (χ4n) is 2.45. The van der Waals surface area contributed by atoms with Gasteiger partial charge in [0.1, 0.15) is 3.23 Å². The number of rotatable bonds is 1. The van der Waals surface area contributed by atoms with E-state index in [0.29, 0.717) is 5.92 Å². The van der Waals surface area contributed by atoms with Crippen LogP contribution in [0.5, 0.6) is 0 Å². The zero-order chi connectivity index (χ0) is 8.98. The van der Waals surface area contributed by atoms with Crippen LogP contribution >= 0.6 is 31.9 Å². The van der Waals surface area contributed by atoms with Crippen LogP contribution in [-0.4, -0.2) is 16.3 Å². The summed E-state index contributed by atoms with van der Waals surface area (Å²) in [5.41, 5.74) is -0.262. The van der Waals surface area contributed by atoms with Gasteiger partial charge in [-0.15, -0.1) is 0 Å². The minimum absolute atomic E-state index is 0.0706. The number of ether oxygens (including phenoxy) is 1. The van der Waals surface area contributed by atoms with Crippen LogP contribution in [-0.2, 0) is 9.53 Å². The molecule has 0 radical (unpaired) electrons. The molecule has 0 spiro atoms. The molecule has 12 heavy (non-hydrogen) atoms. The van der Waals surface area contributed by atoms with Crippen LogP contribution in [0.3, 0.4) is 0 Å². The molecule has 0 aromatic carbocycles. The van der Waals surface area contributed by atoms with Crippen molar-refractivity contribution in [1.82, 2.24) is 0 Å². The van der Waals surface area contributed by atoms with Crippen molar-refractivity contribution >= 4 is 37.8 Å². The summed E-state index contributed by atoms with van der Waals surface area (Å²) in [5, 5.41) is 0. The molecule has 0 aromatic heterocycles. The third-order valence-corrected chi connectivity index (χ3v) is 5.68. The van der Waals surface area contributed by atoms with Gasteiger partial charge in [0.25, 0.3) is 0 Å². The fourth-order valence-corrected chi connectivity index (χ4v) is 4.73. The van der Waals surface area contributed by atoms with E-state index in [0.717, 1.165) is 19.3 Å². The van der Waals surface area contributed by atoms with Gasteiger partial charge in [-0.25, -0.2) is 0 Å². The van der Waals surface area contributed by atoms with Crippen molar-refractivity contribution in [3.63, 3.8) is 0 Å². The fraction of sp³-hybridized carbons (Fsp3) is 0.875. The molecule has 0 aliphatic heterocycles. The van der Waals surface area contributed by atoms with Gasteiger partial charge in [-0.1, -0.05) is 38.3 Å². The summed E-state index contributed by atoms with van der Waals surface area (Å²) in [6, 6.07) is 0. The normalized spacial score (nSPS) is 42.1. The second-order valence-electron chi connectivity index (χ2n) is 3.53. The molecule has 0 N–H and O–H groups in total. The number of methoxy groups -OCH3 is 1. The largest absolute Gasteiger partial charge is 0.469 e. The molecule has 0 unspecified atom stereocenters. The van der Waals surface area contributed by atoms with Crippen molar-refractivity contribution in [3.05, 3.63) is 0 Å². The number of hydrogen-bond acceptors (Lipinski definition) is 2. The Morgan fingerprint density at radius 1 is 1.58 bits per heavy atom. The summed E-state index contributed by atoms with van der Waals surface area (Å²) in [7, 11) is 1.46. The molecule has 2 aliphatic rings. The lowest BCUT2D eigenvalue weighted by Gasteiger charge is -2.13. The highest BCUT2D eigenvalue weighted by Gasteiger charge is 2.80. The number of halogens is 2. The highest BCUT2D eigenvalue weighted by atomic mass is 79.9. The SMILES string of the molecule is COC(=O)[C@]12CCC[C@H]1C2(Br)Br. The quantitative estimate of drug-likeness (QED) is 0.549. The maximum absolute atomic E-state index is 11.5. The van der Waals surface area contributed by atoms with E-state index in [-0.39, 0.29) is 14.6 Å². The average Bonchev–Trinajstić information content (AvgIpc) is 2.48. The number of hydrogen-bond donors (Lipinski definition) is 0. The molecule has 0 amide bonds. The van der Waals surface area contributed by atoms with E-state index in [1.54, 1.807) is 0 Å². The van der Waals surface area contributed by atoms with E-state index in [1.807, 2.05) is 0 Å². The molecule has 2 fully saturated rings. The van der Waals surface area contributed by atoms with Gasteiger partial charge in [0.05, 0.1) is 12.5 Å². The van der Waals surface area contributed by atoms with Crippen LogP contribution in [0.15, 0.2) is 0 Å². The Labute approximate surface area is 88.3 Å². The number of carbonyl (C=O) groups is 1. The molecule has 2 atom stereocenters. The van der Waals surface area contributed by atoms with Crippen molar-refractivity contribution in [2.75, 3.05) is 7.11 Å². The van der Waals surface area contributed by atoms with Gasteiger partial charge in [0, 0.05) is 5.92 Å². The van der Waals surface area contributed by atoms with E-state index in [1.165, 1.54) is 7.11 Å². The standard InChI is InChI=1S/C8H10Br2O2/c1-12-6(11)7-4-2-3-5(7)8(7,9)10/h5H,2-4H2,1H3/t5-,7+/m1/s1. The smallest absolute Gasteiger partial charge is 0.314 e. The molecule has 4 heteroatoms. The number of fused-ring (bicyclic) bond motifs is 1. The van der Waals surface area contributed by atoms with E-state index in [9.17, 15) is 4.79 Å². The Hall–Kier alpha value is 0.430. The molecule has 0 saturated heterocycles. The van der Waals surface area contributed by atoms with E-state index >= 15 is 0 Å². The molecule has 0 aromatic rings. The summed E-state index contributed by atoms with van der Waals surface area (Å²) < 4.78 is 4.65. The van der Waals surface area contributed by atoms with Gasteiger partial charge in [0.2, 0.25) is 0 Å². The van der Waals surface area contributed by atoms with Gasteiger partial charge in [-0.05, 0) is 12.8 Å². The molecule has 0 bridgehead atoms. The van der Waals surface area contributed by atoms with Crippen molar-refractivity contribution in [3.8, 4) is 0 Å². The Morgan fingerprint density at radius 3 is 2.67 bits per heavy atom. The van der Waals surface area contributed by atoms with Gasteiger partial charge >= 0.3 is 5.97 Å². The predicted octanol–water partition coefficient (Wildman–Crippen LogP) is 2.45. The topological polar surface area (TPSA) is 26.3 Å². The Morgan fingerprint density at radius 2 is 2.25 bits per heavy atom. The number of carbonyl (C=O) groups excluding carboxylic acids is 1. The first-order chi connectivity index (χ1) is 5.57. The molecule has 2 aliphatic carbocycles. The lowest BCUT2D eigenvalue weighted by atomic mass is 10.1. The van der Waals surface area contributed by atoms with Crippen molar-refractivity contribution in [2.24, 2.45) is 11.3 Å². The van der Waals surface area contributed by atoms with Crippen LogP contribution in [0.25, 0.3) is 0 Å². The molecule has 0 heterocycles. The molecular formula is C8H10Br2O2. The average molecular weight is 298 g/mol. The minimum Gasteiger partial charge on any atom is -0.469 e. The summed E-state index contributed by atoms with van der Waals surface area (Å²) >= 11 is 7.09. The van der Waals surface area contributed by atoms with Crippen molar-refractivity contribution < 1.29 is 9.53 Å². The number of alkyl halides is 2. The predicted molar refractivity (Wildman–Crippen MR) is 52.4 cm³/mol. The first-order valence-electron chi connectivity index (χ1n) is 4.03. The second kappa shape index (κ2) is 2.47. The molecule has 2 nitrogen and oxygen atoms in total. The van der Waals surface area contributed by atoms with E-state index < -0.39 is 0 Å². The highest BCUT2D eigenvalue weighted by molar-refractivity contribution is 9.25. The molecule has 2 saturated carbocycles. The zero-order valence-corrected chi connectivity index (χ0v) is 9.94. The Bertz CT molecular complexity index is 239. The van der Waals surface area contributed by atoms with Gasteiger partial charge < -0.3 is 4.74 Å². The summed E-state index contributed by atoms with van der Waals surface area (Å²) in [6.45, 7) is 0. The second-order valence-corrected chi connectivity index (χ2v) is 7.10. The van der Waals surface area contributed by atoms with Crippen molar-refractivity contribution in [2.45, 2.75) is 22.5 Å². The van der Waals surface area contributed by atoms with Crippen molar-refractivity contribution in [1.29, 1.82) is 0 Å². The summed E-state index contributed by atoms with van der Waals surface area (Å²) in [4.78, 5) is 11.5. The van der Waals surface area contributed by atoms with E-state index in [2.05, 4.69) is 31.9 Å². The molecule has 68 valence electrons. The van der Waals surface area contributed by atoms with Crippen LogP contribution in [0, 0.1) is 11.3 Å². The lowest BCUT2D eigenvalue weighted by Crippen LogP contribution is -2.22. The third-order valence-electron chi connectivity index (χ3n) is 3.16. The van der Waals surface area contributed by atoms with Crippen LogP contribution in [0.4, 0.5) is 0 Å². The summed E-state index contributed by atoms with van der Waals surface area (Å²) in [5.74, 6) is 0.358. The highest BCUT2D eigenvalue weighted by Crippen LogP contribution is 2.78. The third kappa shape index (κ3) is 0.782. The van der Waals surface area contributed by atoms with Gasteiger partial charge in [-0.2, -0.15) is 0 Å². The maximum Gasteiger partial charge on any atom is 0.314 e. The maximum atomic E-state index is 11.5. The van der Waals surface area contributed by atoms with Crippen LogP contribution in [0.2, 0.25) is 0 Å². The first-order valence-corrected chi connectivity index (χ1v) is 5.62. The van der Waals surface area contributed by atoms with Crippen LogP contribution in [0.1, 0.15) is 19.3 Å². The monoisotopic (exact) mass is 296 g/mol. The van der Waals surface area contributed by atoms with E-state index in [4.69, 9.17) is 4.74 Å². The molecular weight excluding hydrogens is 288 g/mol. The number of esters is 1. The Kier molecular flexibility index (Phi) is 1.85. The van der Waals surface area contributed by atoms with Gasteiger partial charge in [0.15, 0.2) is 0 Å². The zero-order valence-electron chi connectivity index (χ0n) is 6.77. The van der Waals surface area contributed by atoms with Crippen LogP contribution < -0.4 is 0 Å². The lowest BCUT2D eigenvalue weighted by molar-refractivity contribution is -0.147. The molecule has 2 rings (SSSR count).